The van der Waals surface area contributed by atoms with Crippen molar-refractivity contribution in [2.24, 2.45) is 0 Å². The summed E-state index contributed by atoms with van der Waals surface area (Å²) in [6.45, 7) is 5.03. The minimum atomic E-state index is -3.77. The van der Waals surface area contributed by atoms with Crippen LogP contribution in [0.1, 0.15) is 16.7 Å². The molecule has 0 heterocycles. The smallest absolute Gasteiger partial charge is 0.243 e. The molecule has 1 aromatic rings. The van der Waals surface area contributed by atoms with Gasteiger partial charge in [0.25, 0.3) is 0 Å². The largest absolute Gasteiger partial charge is 0.398 e. The van der Waals surface area contributed by atoms with Gasteiger partial charge in [0.05, 0.1) is 11.4 Å². The summed E-state index contributed by atoms with van der Waals surface area (Å²) in [5, 5.41) is 0. The highest BCUT2D eigenvalue weighted by atomic mass is 32.2. The number of nitrogen functional groups attached to an aromatic ring is 1. The van der Waals surface area contributed by atoms with E-state index in [9.17, 15) is 13.2 Å². The zero-order valence-electron chi connectivity index (χ0n) is 13.4. The van der Waals surface area contributed by atoms with Crippen molar-refractivity contribution in [2.75, 3.05) is 33.4 Å². The monoisotopic (exact) mass is 313 g/mol. The van der Waals surface area contributed by atoms with E-state index < -0.39 is 10.0 Å². The Morgan fingerprint density at radius 1 is 1.14 bits per heavy atom. The molecule has 1 amide bonds. The van der Waals surface area contributed by atoms with Gasteiger partial charge in [0.15, 0.2) is 0 Å². The summed E-state index contributed by atoms with van der Waals surface area (Å²) in [4.78, 5) is 13.3. The van der Waals surface area contributed by atoms with Crippen molar-refractivity contribution in [2.45, 2.75) is 25.7 Å². The zero-order chi connectivity index (χ0) is 16.5. The summed E-state index contributed by atoms with van der Waals surface area (Å²) in [7, 11) is 0.803. The molecule has 0 atom stereocenters. The van der Waals surface area contributed by atoms with Gasteiger partial charge < -0.3 is 10.6 Å². The van der Waals surface area contributed by atoms with Gasteiger partial charge >= 0.3 is 0 Å². The molecule has 0 spiro atoms. The first-order chi connectivity index (χ1) is 9.50. The number of anilines is 1. The molecule has 0 saturated heterocycles. The number of likely N-dealkylation sites (N-methyl/N-ethyl adjacent to an activating group) is 2. The van der Waals surface area contributed by atoms with Gasteiger partial charge in [0, 0.05) is 26.8 Å². The molecule has 0 aliphatic rings. The van der Waals surface area contributed by atoms with Crippen molar-refractivity contribution < 1.29 is 13.2 Å². The Labute approximate surface area is 126 Å². The molecule has 21 heavy (non-hydrogen) atoms. The molecule has 0 radical (unpaired) electrons. The van der Waals surface area contributed by atoms with Gasteiger partial charge in [0.2, 0.25) is 15.9 Å². The summed E-state index contributed by atoms with van der Waals surface area (Å²) in [6, 6.07) is 1.76. The Balaban J connectivity index is 3.35. The van der Waals surface area contributed by atoms with Crippen molar-refractivity contribution in [3.63, 3.8) is 0 Å². The van der Waals surface area contributed by atoms with Gasteiger partial charge in [0.1, 0.15) is 0 Å². The van der Waals surface area contributed by atoms with E-state index in [2.05, 4.69) is 0 Å². The van der Waals surface area contributed by atoms with Gasteiger partial charge in [-0.25, -0.2) is 8.42 Å². The Morgan fingerprint density at radius 2 is 1.67 bits per heavy atom. The molecular weight excluding hydrogens is 290 g/mol. The quantitative estimate of drug-likeness (QED) is 0.837. The lowest BCUT2D eigenvalue weighted by molar-refractivity contribution is -0.128. The molecule has 118 valence electrons. The molecule has 6 nitrogen and oxygen atoms in total. The summed E-state index contributed by atoms with van der Waals surface area (Å²) in [6.07, 6.45) is 0. The first kappa shape index (κ1) is 17.5. The molecule has 0 aliphatic heterocycles. The first-order valence-electron chi connectivity index (χ1n) is 6.53. The maximum absolute atomic E-state index is 12.7. The number of hydrogen-bond acceptors (Lipinski definition) is 4. The number of rotatable bonds is 4. The average molecular weight is 313 g/mol. The molecule has 0 unspecified atom stereocenters. The maximum atomic E-state index is 12.7. The summed E-state index contributed by atoms with van der Waals surface area (Å²) in [5.74, 6) is -0.281. The van der Waals surface area contributed by atoms with E-state index >= 15 is 0 Å². The summed E-state index contributed by atoms with van der Waals surface area (Å²) < 4.78 is 26.5. The predicted octanol–water partition coefficient (Wildman–Crippen LogP) is 0.903. The number of aryl methyl sites for hydroxylation is 1. The van der Waals surface area contributed by atoms with E-state index in [1.54, 1.807) is 34.0 Å². The Kier molecular flexibility index (Phi) is 5.01. The number of nitrogens with two attached hydrogens (primary N) is 1. The van der Waals surface area contributed by atoms with Crippen LogP contribution in [-0.2, 0) is 14.8 Å². The number of sulfonamides is 1. The van der Waals surface area contributed by atoms with Crippen LogP contribution < -0.4 is 5.73 Å². The number of carbonyl (C=O) groups excluding carboxylic acids is 1. The minimum Gasteiger partial charge on any atom is -0.398 e. The zero-order valence-corrected chi connectivity index (χ0v) is 14.2. The number of nitrogens with zero attached hydrogens (tertiary/aromatic N) is 2. The van der Waals surface area contributed by atoms with Crippen LogP contribution in [0.2, 0.25) is 0 Å². The number of amides is 1. The topological polar surface area (TPSA) is 83.7 Å². The van der Waals surface area contributed by atoms with E-state index in [4.69, 9.17) is 5.73 Å². The van der Waals surface area contributed by atoms with E-state index in [0.29, 0.717) is 16.8 Å². The molecule has 0 aliphatic carbocycles. The third kappa shape index (κ3) is 3.36. The first-order valence-corrected chi connectivity index (χ1v) is 7.97. The lowest BCUT2D eigenvalue weighted by atomic mass is 10.1. The van der Waals surface area contributed by atoms with Crippen molar-refractivity contribution >= 4 is 21.6 Å². The third-order valence-electron chi connectivity index (χ3n) is 3.60. The molecule has 0 fully saturated rings. The van der Waals surface area contributed by atoms with Crippen LogP contribution in [-0.4, -0.2) is 51.2 Å². The second kappa shape index (κ2) is 6.03. The van der Waals surface area contributed by atoms with Crippen LogP contribution in [0.5, 0.6) is 0 Å². The fourth-order valence-corrected chi connectivity index (χ4v) is 3.65. The van der Waals surface area contributed by atoms with Crippen LogP contribution in [0, 0.1) is 20.8 Å². The third-order valence-corrected chi connectivity index (χ3v) is 5.68. The number of hydrogen-bond donors (Lipinski definition) is 1. The van der Waals surface area contributed by atoms with Crippen LogP contribution in [0.3, 0.4) is 0 Å². The predicted molar refractivity (Wildman–Crippen MR) is 83.6 cm³/mol. The lowest BCUT2D eigenvalue weighted by Gasteiger charge is -2.22. The van der Waals surface area contributed by atoms with E-state index in [1.165, 1.54) is 11.9 Å². The number of carbonyl (C=O) groups is 1. The minimum absolute atomic E-state index is 0.189. The van der Waals surface area contributed by atoms with E-state index in [-0.39, 0.29) is 17.3 Å². The normalized spacial score (nSPS) is 11.8. The fourth-order valence-electron chi connectivity index (χ4n) is 2.00. The fraction of sp³-hybridized carbons (Fsp3) is 0.500. The van der Waals surface area contributed by atoms with Crippen molar-refractivity contribution in [1.82, 2.24) is 9.21 Å². The molecule has 1 aromatic carbocycles. The van der Waals surface area contributed by atoms with Crippen LogP contribution >= 0.6 is 0 Å². The average Bonchev–Trinajstić information content (AvgIpc) is 2.36. The van der Waals surface area contributed by atoms with Crippen molar-refractivity contribution in [1.29, 1.82) is 0 Å². The highest BCUT2D eigenvalue weighted by molar-refractivity contribution is 7.89. The van der Waals surface area contributed by atoms with Crippen molar-refractivity contribution in [3.05, 3.63) is 22.8 Å². The second-order valence-electron chi connectivity index (χ2n) is 5.41. The van der Waals surface area contributed by atoms with Crippen LogP contribution in [0.25, 0.3) is 0 Å². The molecule has 0 saturated carbocycles. The Bertz CT molecular complexity index is 640. The molecule has 0 aromatic heterocycles. The molecule has 7 heteroatoms. The lowest BCUT2D eigenvalue weighted by Crippen LogP contribution is -2.38. The standard InChI is InChI=1S/C14H23N3O3S/c1-9-7-12(15)11(3)14(10(9)2)21(19,20)17(6)8-13(18)16(4)5/h7H,8,15H2,1-6H3. The Hall–Kier alpha value is -1.60. The van der Waals surface area contributed by atoms with Gasteiger partial charge in [-0.15, -0.1) is 0 Å². The molecular formula is C14H23N3O3S. The SMILES string of the molecule is Cc1cc(N)c(C)c(S(=O)(=O)N(C)CC(=O)N(C)C)c1C. The summed E-state index contributed by atoms with van der Waals surface area (Å²) in [5.41, 5.74) is 8.30. The van der Waals surface area contributed by atoms with Gasteiger partial charge in [-0.1, -0.05) is 0 Å². The van der Waals surface area contributed by atoms with E-state index in [1.807, 2.05) is 6.92 Å². The van der Waals surface area contributed by atoms with E-state index in [0.717, 1.165) is 9.87 Å². The van der Waals surface area contributed by atoms with Gasteiger partial charge in [-0.05, 0) is 43.5 Å². The number of benzene rings is 1. The van der Waals surface area contributed by atoms with Gasteiger partial charge in [-0.3, -0.25) is 4.79 Å². The van der Waals surface area contributed by atoms with Crippen LogP contribution in [0.4, 0.5) is 5.69 Å². The second-order valence-corrected chi connectivity index (χ2v) is 7.39. The molecule has 0 bridgehead atoms. The Morgan fingerprint density at radius 3 is 2.14 bits per heavy atom. The molecule has 1 rings (SSSR count). The highest BCUT2D eigenvalue weighted by Crippen LogP contribution is 2.29. The maximum Gasteiger partial charge on any atom is 0.243 e. The molecule has 2 N–H and O–H groups in total. The highest BCUT2D eigenvalue weighted by Gasteiger charge is 2.28. The summed E-state index contributed by atoms with van der Waals surface area (Å²) >= 11 is 0. The van der Waals surface area contributed by atoms with Crippen molar-refractivity contribution in [3.8, 4) is 0 Å². The van der Waals surface area contributed by atoms with Crippen LogP contribution in [0.15, 0.2) is 11.0 Å². The van der Waals surface area contributed by atoms with Gasteiger partial charge in [-0.2, -0.15) is 4.31 Å².